The van der Waals surface area contributed by atoms with Crippen molar-refractivity contribution < 1.29 is 14.3 Å². The number of ether oxygens (including phenoxy) is 2. The summed E-state index contributed by atoms with van der Waals surface area (Å²) in [6.07, 6.45) is 6.01. The standard InChI is InChI=1S/C17H25NO3/c1-3-14(17(19)18-13-9-5-4-6-10-13)21-16-12-8-7-11-15(16)20-2/h7-8,11-14H,3-6,9-10H2,1-2H3,(H,18,19)/t14-/m1/s1. The minimum Gasteiger partial charge on any atom is -0.493 e. The zero-order valence-corrected chi connectivity index (χ0v) is 12.9. The second-order valence-corrected chi connectivity index (χ2v) is 5.51. The van der Waals surface area contributed by atoms with Crippen LogP contribution in [0.4, 0.5) is 0 Å². The molecule has 0 heterocycles. The second-order valence-electron chi connectivity index (χ2n) is 5.51. The number of amides is 1. The van der Waals surface area contributed by atoms with Crippen LogP contribution in [0.2, 0.25) is 0 Å². The third-order valence-electron chi connectivity index (χ3n) is 3.95. The Morgan fingerprint density at radius 1 is 1.24 bits per heavy atom. The monoisotopic (exact) mass is 291 g/mol. The first kappa shape index (κ1) is 15.7. The van der Waals surface area contributed by atoms with Crippen LogP contribution in [0.25, 0.3) is 0 Å². The first-order valence-electron chi connectivity index (χ1n) is 7.84. The number of nitrogens with one attached hydrogen (secondary N) is 1. The molecule has 1 atom stereocenters. The quantitative estimate of drug-likeness (QED) is 0.874. The first-order chi connectivity index (χ1) is 10.2. The Bertz CT molecular complexity index is 455. The Morgan fingerprint density at radius 3 is 2.52 bits per heavy atom. The van der Waals surface area contributed by atoms with Gasteiger partial charge in [0.1, 0.15) is 0 Å². The smallest absolute Gasteiger partial charge is 0.261 e. The largest absolute Gasteiger partial charge is 0.493 e. The van der Waals surface area contributed by atoms with Gasteiger partial charge in [-0.15, -0.1) is 0 Å². The van der Waals surface area contributed by atoms with Gasteiger partial charge in [-0.05, 0) is 31.4 Å². The summed E-state index contributed by atoms with van der Waals surface area (Å²) in [7, 11) is 1.60. The van der Waals surface area contributed by atoms with Crippen LogP contribution in [0.5, 0.6) is 11.5 Å². The minimum atomic E-state index is -0.469. The Kier molecular flexibility index (Phi) is 5.90. The lowest BCUT2D eigenvalue weighted by atomic mass is 9.95. The van der Waals surface area contributed by atoms with E-state index >= 15 is 0 Å². The summed E-state index contributed by atoms with van der Waals surface area (Å²) >= 11 is 0. The minimum absolute atomic E-state index is 0.0182. The zero-order valence-electron chi connectivity index (χ0n) is 12.9. The van der Waals surface area contributed by atoms with Gasteiger partial charge in [-0.1, -0.05) is 38.3 Å². The average Bonchev–Trinajstić information content (AvgIpc) is 2.53. The Hall–Kier alpha value is -1.71. The highest BCUT2D eigenvalue weighted by Gasteiger charge is 2.23. The van der Waals surface area contributed by atoms with Gasteiger partial charge in [0.05, 0.1) is 7.11 Å². The molecule has 1 amide bonds. The second kappa shape index (κ2) is 7.91. The molecule has 2 rings (SSSR count). The highest BCUT2D eigenvalue weighted by atomic mass is 16.5. The molecular formula is C17H25NO3. The molecule has 21 heavy (non-hydrogen) atoms. The molecule has 1 aliphatic carbocycles. The normalized spacial score (nSPS) is 17.0. The van der Waals surface area contributed by atoms with Crippen molar-refractivity contribution in [1.29, 1.82) is 0 Å². The summed E-state index contributed by atoms with van der Waals surface area (Å²) in [5.41, 5.74) is 0. The third kappa shape index (κ3) is 4.38. The Morgan fingerprint density at radius 2 is 1.90 bits per heavy atom. The van der Waals surface area contributed by atoms with Crippen LogP contribution in [-0.2, 0) is 4.79 Å². The average molecular weight is 291 g/mol. The number of carbonyl (C=O) groups is 1. The van der Waals surface area contributed by atoms with Crippen LogP contribution in [0, 0.1) is 0 Å². The van der Waals surface area contributed by atoms with Crippen molar-refractivity contribution >= 4 is 5.91 Å². The van der Waals surface area contributed by atoms with E-state index in [0.717, 1.165) is 12.8 Å². The fraction of sp³-hybridized carbons (Fsp3) is 0.588. The molecule has 0 radical (unpaired) electrons. The molecule has 4 heteroatoms. The van der Waals surface area contributed by atoms with Gasteiger partial charge in [-0.2, -0.15) is 0 Å². The molecule has 1 aliphatic rings. The maximum absolute atomic E-state index is 12.4. The van der Waals surface area contributed by atoms with Gasteiger partial charge in [-0.3, -0.25) is 4.79 Å². The van der Waals surface area contributed by atoms with Gasteiger partial charge < -0.3 is 14.8 Å². The maximum Gasteiger partial charge on any atom is 0.261 e. The molecule has 4 nitrogen and oxygen atoms in total. The molecule has 0 aliphatic heterocycles. The molecule has 1 aromatic rings. The maximum atomic E-state index is 12.4. The van der Waals surface area contributed by atoms with E-state index in [0.29, 0.717) is 24.0 Å². The van der Waals surface area contributed by atoms with Crippen LogP contribution in [-0.4, -0.2) is 25.2 Å². The van der Waals surface area contributed by atoms with Gasteiger partial charge in [0.15, 0.2) is 17.6 Å². The predicted molar refractivity (Wildman–Crippen MR) is 82.7 cm³/mol. The lowest BCUT2D eigenvalue weighted by Gasteiger charge is -2.25. The summed E-state index contributed by atoms with van der Waals surface area (Å²) in [5.74, 6) is 1.25. The van der Waals surface area contributed by atoms with Crippen molar-refractivity contribution in [1.82, 2.24) is 5.32 Å². The molecule has 1 aromatic carbocycles. The molecule has 1 N–H and O–H groups in total. The van der Waals surface area contributed by atoms with Crippen molar-refractivity contribution in [3.63, 3.8) is 0 Å². The van der Waals surface area contributed by atoms with Crippen LogP contribution >= 0.6 is 0 Å². The highest BCUT2D eigenvalue weighted by molar-refractivity contribution is 5.81. The first-order valence-corrected chi connectivity index (χ1v) is 7.84. The predicted octanol–water partition coefficient (Wildman–Crippen LogP) is 3.30. The number of hydrogen-bond donors (Lipinski definition) is 1. The molecule has 0 aromatic heterocycles. The summed E-state index contributed by atoms with van der Waals surface area (Å²) in [6.45, 7) is 1.96. The van der Waals surface area contributed by atoms with Gasteiger partial charge in [-0.25, -0.2) is 0 Å². The van der Waals surface area contributed by atoms with Crippen LogP contribution in [0.15, 0.2) is 24.3 Å². The molecule has 0 saturated heterocycles. The molecule has 1 fully saturated rings. The Balaban J connectivity index is 1.96. The zero-order chi connectivity index (χ0) is 15.1. The van der Waals surface area contributed by atoms with Gasteiger partial charge in [0, 0.05) is 6.04 Å². The van der Waals surface area contributed by atoms with Crippen molar-refractivity contribution in [2.45, 2.75) is 57.6 Å². The van der Waals surface area contributed by atoms with Gasteiger partial charge in [0.25, 0.3) is 5.91 Å². The molecule has 1 saturated carbocycles. The SMILES string of the molecule is CC[C@@H](Oc1ccccc1OC)C(=O)NC1CCCCC1. The molecule has 116 valence electrons. The van der Waals surface area contributed by atoms with Crippen LogP contribution in [0.3, 0.4) is 0 Å². The fourth-order valence-electron chi connectivity index (χ4n) is 2.73. The summed E-state index contributed by atoms with van der Waals surface area (Å²) < 4.78 is 11.1. The van der Waals surface area contributed by atoms with E-state index < -0.39 is 6.10 Å². The van der Waals surface area contributed by atoms with Gasteiger partial charge >= 0.3 is 0 Å². The van der Waals surface area contributed by atoms with Crippen molar-refractivity contribution in [2.75, 3.05) is 7.11 Å². The van der Waals surface area contributed by atoms with Crippen molar-refractivity contribution in [2.24, 2.45) is 0 Å². The number of para-hydroxylation sites is 2. The molecular weight excluding hydrogens is 266 g/mol. The van der Waals surface area contributed by atoms with Crippen molar-refractivity contribution in [3.8, 4) is 11.5 Å². The summed E-state index contributed by atoms with van der Waals surface area (Å²) in [5, 5.41) is 3.12. The van der Waals surface area contributed by atoms with Crippen LogP contribution in [0.1, 0.15) is 45.4 Å². The third-order valence-corrected chi connectivity index (χ3v) is 3.95. The van der Waals surface area contributed by atoms with Gasteiger partial charge in [0.2, 0.25) is 0 Å². The molecule has 0 bridgehead atoms. The van der Waals surface area contributed by atoms with Crippen LogP contribution < -0.4 is 14.8 Å². The Labute approximate surface area is 126 Å². The number of rotatable bonds is 6. The number of methoxy groups -OCH3 is 1. The topological polar surface area (TPSA) is 47.6 Å². The van der Waals surface area contributed by atoms with E-state index in [4.69, 9.17) is 9.47 Å². The van der Waals surface area contributed by atoms with E-state index in [2.05, 4.69) is 5.32 Å². The lowest BCUT2D eigenvalue weighted by molar-refractivity contribution is -0.129. The number of benzene rings is 1. The summed E-state index contributed by atoms with van der Waals surface area (Å²) in [4.78, 5) is 12.4. The number of carbonyl (C=O) groups excluding carboxylic acids is 1. The van der Waals surface area contributed by atoms with E-state index in [1.54, 1.807) is 7.11 Å². The van der Waals surface area contributed by atoms with Crippen molar-refractivity contribution in [3.05, 3.63) is 24.3 Å². The highest BCUT2D eigenvalue weighted by Crippen LogP contribution is 2.27. The summed E-state index contributed by atoms with van der Waals surface area (Å²) in [6, 6.07) is 7.73. The molecule has 0 unspecified atom stereocenters. The van der Waals surface area contributed by atoms with E-state index in [1.165, 1.54) is 19.3 Å². The number of hydrogen-bond acceptors (Lipinski definition) is 3. The van der Waals surface area contributed by atoms with E-state index in [-0.39, 0.29) is 5.91 Å². The molecule has 0 spiro atoms. The van der Waals surface area contributed by atoms with E-state index in [1.807, 2.05) is 31.2 Å². The fourth-order valence-corrected chi connectivity index (χ4v) is 2.73. The van der Waals surface area contributed by atoms with E-state index in [9.17, 15) is 4.79 Å². The lowest BCUT2D eigenvalue weighted by Crippen LogP contribution is -2.44.